The Morgan fingerprint density at radius 1 is 0.973 bits per heavy atom. The molecule has 2 aliphatic heterocycles. The van der Waals surface area contributed by atoms with E-state index in [0.29, 0.717) is 12.0 Å². The van der Waals surface area contributed by atoms with Crippen molar-refractivity contribution in [2.75, 3.05) is 18.1 Å². The van der Waals surface area contributed by atoms with Gasteiger partial charge in [0.25, 0.3) is 8.32 Å². The summed E-state index contributed by atoms with van der Waals surface area (Å²) in [6.45, 7) is 12.3. The zero-order valence-electron chi connectivity index (χ0n) is 23.5. The van der Waals surface area contributed by atoms with Crippen LogP contribution in [0.4, 0.5) is 0 Å². The number of allylic oxidation sites excluding steroid dienone is 1. The molecule has 0 saturated carbocycles. The van der Waals surface area contributed by atoms with E-state index in [1.807, 2.05) is 0 Å². The van der Waals surface area contributed by atoms with Crippen molar-refractivity contribution < 1.29 is 9.16 Å². The van der Waals surface area contributed by atoms with E-state index in [2.05, 4.69) is 131 Å². The lowest BCUT2D eigenvalue weighted by atomic mass is 9.90. The molecule has 202 valence electrons. The largest absolute Gasteiger partial charge is 0.407 e. The van der Waals surface area contributed by atoms with Gasteiger partial charge in [-0.1, -0.05) is 101 Å². The summed E-state index contributed by atoms with van der Waals surface area (Å²) in [4.78, 5) is 0. The summed E-state index contributed by atoms with van der Waals surface area (Å²) in [5.41, 5.74) is 0. The normalized spacial score (nSPS) is 24.8. The standard InChI is InChI=1S/C32H46O2S2Si/c1-6-21-32(35-23-13-24-36-32)25-27-19-18-26(2)30(34-27)20-22-33-37(31(3,4)5,28-14-9-7-10-15-28)29-16-11-8-12-17-29/h6-12,14-17,21,26-27,30H,13,18-20,22-25H2,1-5H3/b21-6+/t26-,27-,30+/m1/s1. The van der Waals surface area contributed by atoms with Gasteiger partial charge in [0.2, 0.25) is 0 Å². The van der Waals surface area contributed by atoms with Gasteiger partial charge in [-0.15, -0.1) is 23.5 Å². The van der Waals surface area contributed by atoms with E-state index in [1.165, 1.54) is 41.1 Å². The SMILES string of the molecule is C/C=C/C1(C[C@H]2CC[C@@H](C)[C@H](CCO[Si](c3ccccc3)(c3ccccc3)C(C)(C)C)O2)SCCCS1. The van der Waals surface area contributed by atoms with E-state index in [-0.39, 0.29) is 15.2 Å². The Hall–Kier alpha value is -0.983. The second-order valence-corrected chi connectivity index (χ2v) is 19.1. The summed E-state index contributed by atoms with van der Waals surface area (Å²) in [5.74, 6) is 3.09. The molecule has 2 fully saturated rings. The Labute approximate surface area is 235 Å². The van der Waals surface area contributed by atoms with Gasteiger partial charge in [-0.2, -0.15) is 0 Å². The molecule has 0 unspecified atom stereocenters. The molecule has 0 bridgehead atoms. The van der Waals surface area contributed by atoms with Crippen LogP contribution in [0.25, 0.3) is 0 Å². The first-order valence-corrected chi connectivity index (χ1v) is 18.0. The summed E-state index contributed by atoms with van der Waals surface area (Å²) in [5, 5.41) is 2.71. The molecule has 2 nitrogen and oxygen atoms in total. The van der Waals surface area contributed by atoms with E-state index in [4.69, 9.17) is 9.16 Å². The molecule has 0 aromatic heterocycles. The van der Waals surface area contributed by atoms with E-state index in [1.54, 1.807) is 0 Å². The lowest BCUT2D eigenvalue weighted by Gasteiger charge is -2.44. The lowest BCUT2D eigenvalue weighted by molar-refractivity contribution is -0.0882. The summed E-state index contributed by atoms with van der Waals surface area (Å²) in [6, 6.07) is 22.0. The molecule has 2 heterocycles. The van der Waals surface area contributed by atoms with E-state index in [0.717, 1.165) is 19.4 Å². The van der Waals surface area contributed by atoms with Gasteiger partial charge in [-0.05, 0) is 65.4 Å². The molecule has 2 aromatic rings. The van der Waals surface area contributed by atoms with Crippen molar-refractivity contribution >= 4 is 42.2 Å². The number of rotatable bonds is 9. The van der Waals surface area contributed by atoms with Gasteiger partial charge < -0.3 is 9.16 Å². The molecular formula is C32H46O2S2Si. The molecule has 2 saturated heterocycles. The second-order valence-electron chi connectivity index (χ2n) is 11.7. The Morgan fingerprint density at radius 2 is 1.57 bits per heavy atom. The Morgan fingerprint density at radius 3 is 2.11 bits per heavy atom. The predicted molar refractivity (Wildman–Crippen MR) is 167 cm³/mol. The summed E-state index contributed by atoms with van der Waals surface area (Å²) < 4.78 is 14.2. The fourth-order valence-electron chi connectivity index (χ4n) is 6.12. The monoisotopic (exact) mass is 554 g/mol. The number of hydrogen-bond donors (Lipinski definition) is 0. The molecular weight excluding hydrogens is 509 g/mol. The van der Waals surface area contributed by atoms with Gasteiger partial charge >= 0.3 is 0 Å². The molecule has 0 N–H and O–H groups in total. The minimum atomic E-state index is -2.50. The number of ether oxygens (including phenoxy) is 1. The van der Waals surface area contributed by atoms with Crippen molar-refractivity contribution in [1.82, 2.24) is 0 Å². The van der Waals surface area contributed by atoms with Gasteiger partial charge in [0.05, 0.1) is 16.3 Å². The second kappa shape index (κ2) is 12.9. The topological polar surface area (TPSA) is 18.5 Å². The number of benzene rings is 2. The van der Waals surface area contributed by atoms with Crippen LogP contribution < -0.4 is 10.4 Å². The van der Waals surface area contributed by atoms with Crippen LogP contribution in [0.5, 0.6) is 0 Å². The van der Waals surface area contributed by atoms with Crippen molar-refractivity contribution in [3.63, 3.8) is 0 Å². The first-order valence-electron chi connectivity index (χ1n) is 14.1. The zero-order valence-corrected chi connectivity index (χ0v) is 26.1. The minimum absolute atomic E-state index is 0.00553. The predicted octanol–water partition coefficient (Wildman–Crippen LogP) is 7.67. The van der Waals surface area contributed by atoms with E-state index >= 15 is 0 Å². The average molecular weight is 555 g/mol. The van der Waals surface area contributed by atoms with Crippen LogP contribution in [-0.2, 0) is 9.16 Å². The molecule has 5 heteroatoms. The first kappa shape index (κ1) is 29.0. The van der Waals surface area contributed by atoms with Crippen LogP contribution in [0, 0.1) is 5.92 Å². The first-order chi connectivity index (χ1) is 17.8. The molecule has 2 aromatic carbocycles. The van der Waals surface area contributed by atoms with Crippen molar-refractivity contribution in [3.8, 4) is 0 Å². The highest BCUT2D eigenvalue weighted by atomic mass is 32.2. The molecule has 0 spiro atoms. The van der Waals surface area contributed by atoms with Gasteiger partial charge in [0.15, 0.2) is 0 Å². The fourth-order valence-corrected chi connectivity index (χ4v) is 14.1. The van der Waals surface area contributed by atoms with Gasteiger partial charge in [-0.3, -0.25) is 0 Å². The maximum absolute atomic E-state index is 7.20. The van der Waals surface area contributed by atoms with Crippen LogP contribution >= 0.6 is 23.5 Å². The third-order valence-electron chi connectivity index (χ3n) is 8.00. The van der Waals surface area contributed by atoms with Crippen molar-refractivity contribution in [2.45, 2.75) is 88.0 Å². The maximum Gasteiger partial charge on any atom is 0.261 e. The third kappa shape index (κ3) is 6.78. The van der Waals surface area contributed by atoms with Crippen molar-refractivity contribution in [2.24, 2.45) is 5.92 Å². The smallest absolute Gasteiger partial charge is 0.261 e. The van der Waals surface area contributed by atoms with Crippen molar-refractivity contribution in [3.05, 3.63) is 72.8 Å². The highest BCUT2D eigenvalue weighted by molar-refractivity contribution is 8.19. The molecule has 0 radical (unpaired) electrons. The number of thioether (sulfide) groups is 2. The molecule has 3 atom stereocenters. The Bertz CT molecular complexity index is 943. The highest BCUT2D eigenvalue weighted by Crippen LogP contribution is 2.48. The van der Waals surface area contributed by atoms with Crippen LogP contribution in [0.15, 0.2) is 72.8 Å². The van der Waals surface area contributed by atoms with Crippen LogP contribution in [0.1, 0.15) is 66.7 Å². The Balaban J connectivity index is 1.50. The average Bonchev–Trinajstić information content (AvgIpc) is 2.89. The third-order valence-corrected chi connectivity index (χ3v) is 16.3. The maximum atomic E-state index is 7.20. The quantitative estimate of drug-likeness (QED) is 0.234. The summed E-state index contributed by atoms with van der Waals surface area (Å²) in [6.07, 6.45) is 11.1. The molecule has 0 aliphatic carbocycles. The molecule has 4 rings (SSSR count). The van der Waals surface area contributed by atoms with Crippen LogP contribution in [-0.4, -0.2) is 42.7 Å². The lowest BCUT2D eigenvalue weighted by Crippen LogP contribution is -2.66. The van der Waals surface area contributed by atoms with E-state index < -0.39 is 8.32 Å². The van der Waals surface area contributed by atoms with Gasteiger partial charge in [0, 0.05) is 13.0 Å². The Kier molecular flexibility index (Phi) is 10.1. The van der Waals surface area contributed by atoms with Crippen molar-refractivity contribution in [1.29, 1.82) is 0 Å². The molecule has 2 aliphatic rings. The van der Waals surface area contributed by atoms with Crippen LogP contribution in [0.2, 0.25) is 5.04 Å². The fraction of sp³-hybridized carbons (Fsp3) is 0.562. The molecule has 37 heavy (non-hydrogen) atoms. The van der Waals surface area contributed by atoms with E-state index in [9.17, 15) is 0 Å². The summed E-state index contributed by atoms with van der Waals surface area (Å²) in [7, 11) is -2.50. The molecule has 0 amide bonds. The van der Waals surface area contributed by atoms with Crippen LogP contribution in [0.3, 0.4) is 0 Å². The summed E-state index contributed by atoms with van der Waals surface area (Å²) >= 11 is 4.25. The zero-order chi connectivity index (χ0) is 26.4. The van der Waals surface area contributed by atoms with Gasteiger partial charge in [-0.25, -0.2) is 0 Å². The minimum Gasteiger partial charge on any atom is -0.407 e. The van der Waals surface area contributed by atoms with Gasteiger partial charge in [0.1, 0.15) is 0 Å². The number of hydrogen-bond acceptors (Lipinski definition) is 4. The highest BCUT2D eigenvalue weighted by Gasteiger charge is 2.50.